The molecule has 0 spiro atoms. The molecular formula is C19H24N4O2S. The first-order valence-electron chi connectivity index (χ1n) is 8.86. The monoisotopic (exact) mass is 372 g/mol. The van der Waals surface area contributed by atoms with Gasteiger partial charge in [-0.3, -0.25) is 14.9 Å². The van der Waals surface area contributed by atoms with E-state index in [4.69, 9.17) is 0 Å². The number of thiazole rings is 1. The number of fused-ring (bicyclic) bond motifs is 1. The number of para-hydroxylation sites is 1. The Morgan fingerprint density at radius 3 is 2.77 bits per heavy atom. The molecule has 0 radical (unpaired) electrons. The lowest BCUT2D eigenvalue weighted by atomic mass is 9.97. The van der Waals surface area contributed by atoms with Gasteiger partial charge in [-0.05, 0) is 31.0 Å². The molecule has 1 aliphatic rings. The third-order valence-corrected chi connectivity index (χ3v) is 5.70. The molecule has 1 aromatic carbocycles. The number of amides is 2. The number of hydrogen-bond acceptors (Lipinski definition) is 5. The van der Waals surface area contributed by atoms with E-state index in [0.717, 1.165) is 42.1 Å². The lowest BCUT2D eigenvalue weighted by Gasteiger charge is -2.20. The van der Waals surface area contributed by atoms with Gasteiger partial charge in [0.25, 0.3) is 0 Å². The van der Waals surface area contributed by atoms with Crippen LogP contribution in [0.3, 0.4) is 0 Å². The molecule has 7 heteroatoms. The molecule has 1 aliphatic heterocycles. The highest BCUT2D eigenvalue weighted by atomic mass is 32.1. The van der Waals surface area contributed by atoms with Crippen LogP contribution in [0.15, 0.2) is 24.3 Å². The largest absolute Gasteiger partial charge is 0.318 e. The van der Waals surface area contributed by atoms with Crippen LogP contribution < -0.4 is 10.6 Å². The van der Waals surface area contributed by atoms with Gasteiger partial charge in [-0.25, -0.2) is 4.98 Å². The zero-order valence-corrected chi connectivity index (χ0v) is 16.2. The molecule has 0 bridgehead atoms. The Labute approximate surface area is 157 Å². The topological polar surface area (TPSA) is 74.3 Å². The molecule has 1 atom stereocenters. The third-order valence-electron chi connectivity index (χ3n) is 4.70. The van der Waals surface area contributed by atoms with Crippen molar-refractivity contribution in [1.29, 1.82) is 0 Å². The van der Waals surface area contributed by atoms with Crippen LogP contribution in [0.5, 0.6) is 0 Å². The van der Waals surface area contributed by atoms with E-state index in [1.807, 2.05) is 24.3 Å². The van der Waals surface area contributed by atoms with Gasteiger partial charge in [0, 0.05) is 30.1 Å². The van der Waals surface area contributed by atoms with Gasteiger partial charge >= 0.3 is 11.8 Å². The number of nitrogens with one attached hydrogen (secondary N) is 2. The van der Waals surface area contributed by atoms with Crippen LogP contribution in [0.4, 0.5) is 10.8 Å². The first-order valence-corrected chi connectivity index (χ1v) is 9.68. The van der Waals surface area contributed by atoms with Gasteiger partial charge in [0.1, 0.15) is 0 Å². The highest BCUT2D eigenvalue weighted by Gasteiger charge is 2.22. The molecule has 0 aliphatic carbocycles. The van der Waals surface area contributed by atoms with Gasteiger partial charge in [-0.2, -0.15) is 0 Å². The number of anilines is 2. The summed E-state index contributed by atoms with van der Waals surface area (Å²) < 4.78 is 0. The molecule has 0 saturated carbocycles. The van der Waals surface area contributed by atoms with Gasteiger partial charge in [0.15, 0.2) is 5.13 Å². The smallest absolute Gasteiger partial charge is 0.315 e. The lowest BCUT2D eigenvalue weighted by molar-refractivity contribution is -0.133. The quantitative estimate of drug-likeness (QED) is 0.808. The predicted molar refractivity (Wildman–Crippen MR) is 105 cm³/mol. The molecule has 1 aromatic heterocycles. The molecule has 2 amide bonds. The van der Waals surface area contributed by atoms with Crippen LogP contribution in [-0.4, -0.2) is 35.3 Å². The summed E-state index contributed by atoms with van der Waals surface area (Å²) in [7, 11) is 2.06. The van der Waals surface area contributed by atoms with Crippen molar-refractivity contribution in [2.24, 2.45) is 0 Å². The minimum atomic E-state index is -0.691. The van der Waals surface area contributed by atoms with Crippen LogP contribution in [0.1, 0.15) is 42.3 Å². The maximum Gasteiger partial charge on any atom is 0.315 e. The van der Waals surface area contributed by atoms with E-state index in [-0.39, 0.29) is 0 Å². The number of benzene rings is 1. The molecule has 2 heterocycles. The van der Waals surface area contributed by atoms with E-state index in [0.29, 0.717) is 16.7 Å². The van der Waals surface area contributed by atoms with E-state index in [1.165, 1.54) is 11.3 Å². The second kappa shape index (κ2) is 7.97. The SMILES string of the molecule is CCC(C)c1ccccc1NC(=O)C(=O)Nc1nc2c(s1)CN(C)CC2. The standard InChI is InChI=1S/C19H24N4O2S/c1-4-12(2)13-7-5-6-8-14(13)20-17(24)18(25)22-19-21-15-9-10-23(3)11-16(15)26-19/h5-8,12H,4,9-11H2,1-3H3,(H,20,24)(H,21,22,25). The zero-order valence-electron chi connectivity index (χ0n) is 15.3. The normalized spacial score (nSPS) is 15.2. The average molecular weight is 372 g/mol. The predicted octanol–water partition coefficient (Wildman–Crippen LogP) is 3.22. The second-order valence-corrected chi connectivity index (χ2v) is 7.77. The summed E-state index contributed by atoms with van der Waals surface area (Å²) in [5.41, 5.74) is 2.73. The molecule has 2 aromatic rings. The number of likely N-dealkylation sites (N-methyl/N-ethyl adjacent to an activating group) is 1. The second-order valence-electron chi connectivity index (χ2n) is 6.68. The fraction of sp³-hybridized carbons (Fsp3) is 0.421. The summed E-state index contributed by atoms with van der Waals surface area (Å²) in [6.07, 6.45) is 1.82. The number of carbonyl (C=O) groups is 2. The Morgan fingerprint density at radius 1 is 1.27 bits per heavy atom. The first-order chi connectivity index (χ1) is 12.5. The van der Waals surface area contributed by atoms with Crippen LogP contribution >= 0.6 is 11.3 Å². The van der Waals surface area contributed by atoms with Gasteiger partial charge in [0.2, 0.25) is 0 Å². The van der Waals surface area contributed by atoms with Crippen molar-refractivity contribution in [3.8, 4) is 0 Å². The van der Waals surface area contributed by atoms with Crippen molar-refractivity contribution in [2.75, 3.05) is 24.2 Å². The summed E-state index contributed by atoms with van der Waals surface area (Å²) >= 11 is 1.44. The number of nitrogens with zero attached hydrogens (tertiary/aromatic N) is 2. The molecule has 138 valence electrons. The van der Waals surface area contributed by atoms with Crippen molar-refractivity contribution >= 4 is 34.0 Å². The first kappa shape index (κ1) is 18.5. The number of aromatic nitrogens is 1. The maximum atomic E-state index is 12.3. The Kier molecular flexibility index (Phi) is 5.68. The number of carbonyl (C=O) groups excluding carboxylic acids is 2. The highest BCUT2D eigenvalue weighted by Crippen LogP contribution is 2.28. The Balaban J connectivity index is 1.67. The van der Waals surface area contributed by atoms with E-state index >= 15 is 0 Å². The van der Waals surface area contributed by atoms with Crippen LogP contribution in [0.2, 0.25) is 0 Å². The molecule has 1 unspecified atom stereocenters. The molecule has 0 fully saturated rings. The molecule has 3 rings (SSSR count). The van der Waals surface area contributed by atoms with E-state index < -0.39 is 11.8 Å². The minimum absolute atomic E-state index is 0.303. The lowest BCUT2D eigenvalue weighted by Crippen LogP contribution is -2.29. The average Bonchev–Trinajstić information content (AvgIpc) is 3.02. The summed E-state index contributed by atoms with van der Waals surface area (Å²) in [4.78, 5) is 32.4. The number of hydrogen-bond donors (Lipinski definition) is 2. The Bertz CT molecular complexity index is 818. The highest BCUT2D eigenvalue weighted by molar-refractivity contribution is 7.16. The van der Waals surface area contributed by atoms with Crippen molar-refractivity contribution < 1.29 is 9.59 Å². The van der Waals surface area contributed by atoms with Gasteiger partial charge in [-0.15, -0.1) is 11.3 Å². The van der Waals surface area contributed by atoms with Crippen LogP contribution in [-0.2, 0) is 22.6 Å². The van der Waals surface area contributed by atoms with Crippen LogP contribution in [0, 0.1) is 0 Å². The van der Waals surface area contributed by atoms with E-state index in [1.54, 1.807) is 0 Å². The van der Waals surface area contributed by atoms with Gasteiger partial charge in [0.05, 0.1) is 5.69 Å². The molecular weight excluding hydrogens is 348 g/mol. The van der Waals surface area contributed by atoms with E-state index in [2.05, 4.69) is 41.4 Å². The maximum absolute atomic E-state index is 12.3. The minimum Gasteiger partial charge on any atom is -0.318 e. The molecule has 0 saturated heterocycles. The Hall–Kier alpha value is -2.25. The van der Waals surface area contributed by atoms with Gasteiger partial charge in [-0.1, -0.05) is 32.0 Å². The third kappa shape index (κ3) is 4.11. The van der Waals surface area contributed by atoms with Crippen LogP contribution in [0.25, 0.3) is 0 Å². The molecule has 2 N–H and O–H groups in total. The summed E-state index contributed by atoms with van der Waals surface area (Å²) in [5.74, 6) is -1.06. The van der Waals surface area contributed by atoms with Crippen molar-refractivity contribution in [2.45, 2.75) is 39.2 Å². The molecule has 6 nitrogen and oxygen atoms in total. The summed E-state index contributed by atoms with van der Waals surface area (Å²) in [6.45, 7) is 5.98. The molecule has 26 heavy (non-hydrogen) atoms. The summed E-state index contributed by atoms with van der Waals surface area (Å²) in [5, 5.41) is 5.85. The van der Waals surface area contributed by atoms with Crippen molar-refractivity contribution in [3.63, 3.8) is 0 Å². The fourth-order valence-corrected chi connectivity index (χ4v) is 4.05. The Morgan fingerprint density at radius 2 is 2.00 bits per heavy atom. The van der Waals surface area contributed by atoms with Gasteiger partial charge < -0.3 is 10.2 Å². The zero-order chi connectivity index (χ0) is 18.7. The number of rotatable bonds is 4. The van der Waals surface area contributed by atoms with Crippen molar-refractivity contribution in [3.05, 3.63) is 40.4 Å². The summed E-state index contributed by atoms with van der Waals surface area (Å²) in [6, 6.07) is 7.59. The fourth-order valence-electron chi connectivity index (χ4n) is 2.97. The van der Waals surface area contributed by atoms with E-state index in [9.17, 15) is 9.59 Å². The van der Waals surface area contributed by atoms with Crippen molar-refractivity contribution in [1.82, 2.24) is 9.88 Å².